The lowest BCUT2D eigenvalue weighted by Crippen LogP contribution is -2.38. The van der Waals surface area contributed by atoms with Crippen molar-refractivity contribution in [2.24, 2.45) is 11.7 Å². The van der Waals surface area contributed by atoms with E-state index in [1.54, 1.807) is 24.3 Å². The Morgan fingerprint density at radius 2 is 1.95 bits per heavy atom. The van der Waals surface area contributed by atoms with E-state index < -0.39 is 10.0 Å². The molecule has 1 fully saturated rings. The Bertz CT molecular complexity index is 537. The van der Waals surface area contributed by atoms with Gasteiger partial charge in [-0.3, -0.25) is 0 Å². The minimum Gasteiger partial charge on any atom is -0.489 e. The summed E-state index contributed by atoms with van der Waals surface area (Å²) in [6, 6.07) is 6.76. The van der Waals surface area contributed by atoms with Crippen LogP contribution >= 0.6 is 0 Å². The van der Waals surface area contributed by atoms with Crippen molar-refractivity contribution in [2.45, 2.75) is 23.8 Å². The third-order valence-corrected chi connectivity index (χ3v) is 5.28. The second-order valence-corrected chi connectivity index (χ2v) is 7.17. The van der Waals surface area contributed by atoms with Gasteiger partial charge in [-0.2, -0.15) is 0 Å². The second-order valence-electron chi connectivity index (χ2n) is 5.05. The van der Waals surface area contributed by atoms with E-state index in [9.17, 15) is 8.42 Å². The Labute approximate surface area is 114 Å². The molecule has 0 aromatic heterocycles. The molecule has 0 atom stereocenters. The summed E-state index contributed by atoms with van der Waals surface area (Å²) in [6.07, 6.45) is 1.87. The summed E-state index contributed by atoms with van der Waals surface area (Å²) in [5, 5.41) is 0. The number of sulfonamides is 1. The van der Waals surface area contributed by atoms with E-state index in [2.05, 4.69) is 0 Å². The van der Waals surface area contributed by atoms with Gasteiger partial charge in [0.15, 0.2) is 0 Å². The molecule has 0 unspecified atom stereocenters. The van der Waals surface area contributed by atoms with Gasteiger partial charge in [0.25, 0.3) is 0 Å². The molecule has 0 radical (unpaired) electrons. The monoisotopic (exact) mass is 284 g/mol. The second kappa shape index (κ2) is 5.48. The molecular formula is C13H20N2O3S. The zero-order valence-corrected chi connectivity index (χ0v) is 12.1. The number of ether oxygens (including phenoxy) is 1. The molecule has 0 saturated heterocycles. The standard InChI is InChI=1S/C13H20N2O3S/c1-15(2)19(16,17)13-6-4-3-5-12(13)18-11-7-10(8-11)9-14/h3-6,10-11H,7-9,14H2,1-2H3. The highest BCUT2D eigenvalue weighted by Gasteiger charge is 2.31. The van der Waals surface area contributed by atoms with E-state index in [1.807, 2.05) is 0 Å². The summed E-state index contributed by atoms with van der Waals surface area (Å²) < 4.78 is 31.4. The molecule has 19 heavy (non-hydrogen) atoms. The summed E-state index contributed by atoms with van der Waals surface area (Å²) in [7, 11) is -0.445. The maximum Gasteiger partial charge on any atom is 0.246 e. The van der Waals surface area contributed by atoms with Gasteiger partial charge in [0.05, 0.1) is 6.10 Å². The van der Waals surface area contributed by atoms with E-state index in [-0.39, 0.29) is 11.0 Å². The summed E-state index contributed by atoms with van der Waals surface area (Å²) in [4.78, 5) is 0.219. The molecule has 2 rings (SSSR count). The first-order chi connectivity index (χ1) is 8.95. The van der Waals surface area contributed by atoms with Crippen LogP contribution in [0.2, 0.25) is 0 Å². The largest absolute Gasteiger partial charge is 0.489 e. The number of rotatable bonds is 5. The average molecular weight is 284 g/mol. The van der Waals surface area contributed by atoms with Gasteiger partial charge in [-0.15, -0.1) is 0 Å². The van der Waals surface area contributed by atoms with E-state index in [0.29, 0.717) is 18.2 Å². The molecule has 0 spiro atoms. The Kier molecular flexibility index (Phi) is 4.13. The zero-order valence-electron chi connectivity index (χ0n) is 11.2. The number of hydrogen-bond donors (Lipinski definition) is 1. The molecule has 1 aliphatic carbocycles. The average Bonchev–Trinajstić information content (AvgIpc) is 2.33. The topological polar surface area (TPSA) is 72.6 Å². The number of benzene rings is 1. The predicted octanol–water partition coefficient (Wildman–Crippen LogP) is 1.05. The van der Waals surface area contributed by atoms with Gasteiger partial charge in [-0.1, -0.05) is 12.1 Å². The SMILES string of the molecule is CN(C)S(=O)(=O)c1ccccc1OC1CC(CN)C1. The van der Waals surface area contributed by atoms with Crippen LogP contribution in [-0.4, -0.2) is 39.5 Å². The molecule has 106 valence electrons. The molecule has 1 aromatic rings. The van der Waals surface area contributed by atoms with Gasteiger partial charge in [-0.25, -0.2) is 12.7 Å². The van der Waals surface area contributed by atoms with Gasteiger partial charge in [-0.05, 0) is 37.4 Å². The summed E-state index contributed by atoms with van der Waals surface area (Å²) >= 11 is 0. The minimum absolute atomic E-state index is 0.0760. The molecule has 1 aliphatic rings. The lowest BCUT2D eigenvalue weighted by Gasteiger charge is -2.35. The fourth-order valence-corrected chi connectivity index (χ4v) is 3.11. The van der Waals surface area contributed by atoms with Crippen molar-refractivity contribution >= 4 is 10.0 Å². The summed E-state index contributed by atoms with van der Waals surface area (Å²) in [5.74, 6) is 0.930. The molecule has 0 heterocycles. The van der Waals surface area contributed by atoms with Crippen LogP contribution in [0.1, 0.15) is 12.8 Å². The summed E-state index contributed by atoms with van der Waals surface area (Å²) in [6.45, 7) is 0.664. The van der Waals surface area contributed by atoms with Crippen LogP contribution in [0.3, 0.4) is 0 Å². The Morgan fingerprint density at radius 3 is 2.53 bits per heavy atom. The van der Waals surface area contributed by atoms with Crippen molar-refractivity contribution in [2.75, 3.05) is 20.6 Å². The van der Waals surface area contributed by atoms with Crippen LogP contribution in [0.5, 0.6) is 5.75 Å². The van der Waals surface area contributed by atoms with Crippen LogP contribution in [0.15, 0.2) is 29.2 Å². The maximum atomic E-state index is 12.2. The van der Waals surface area contributed by atoms with Crippen LogP contribution < -0.4 is 10.5 Å². The predicted molar refractivity (Wildman–Crippen MR) is 73.5 cm³/mol. The van der Waals surface area contributed by atoms with Crippen molar-refractivity contribution in [1.82, 2.24) is 4.31 Å². The third-order valence-electron chi connectivity index (χ3n) is 3.43. The molecular weight excluding hydrogens is 264 g/mol. The lowest BCUT2D eigenvalue weighted by atomic mass is 9.82. The van der Waals surface area contributed by atoms with Crippen molar-refractivity contribution in [1.29, 1.82) is 0 Å². The molecule has 0 bridgehead atoms. The van der Waals surface area contributed by atoms with Gasteiger partial charge in [0, 0.05) is 14.1 Å². The van der Waals surface area contributed by atoms with E-state index in [0.717, 1.165) is 12.8 Å². The third kappa shape index (κ3) is 2.91. The van der Waals surface area contributed by atoms with Crippen molar-refractivity contribution in [3.63, 3.8) is 0 Å². The van der Waals surface area contributed by atoms with Crippen molar-refractivity contribution in [3.05, 3.63) is 24.3 Å². The highest BCUT2D eigenvalue weighted by atomic mass is 32.2. The normalized spacial score (nSPS) is 23.2. The smallest absolute Gasteiger partial charge is 0.246 e. The first-order valence-corrected chi connectivity index (χ1v) is 7.77. The van der Waals surface area contributed by atoms with Gasteiger partial charge in [0.2, 0.25) is 10.0 Å². The molecule has 1 saturated carbocycles. The highest BCUT2D eigenvalue weighted by molar-refractivity contribution is 7.89. The van der Waals surface area contributed by atoms with Gasteiger partial charge in [0.1, 0.15) is 10.6 Å². The fraction of sp³-hybridized carbons (Fsp3) is 0.538. The number of para-hydroxylation sites is 1. The summed E-state index contributed by atoms with van der Waals surface area (Å²) in [5.41, 5.74) is 5.57. The van der Waals surface area contributed by atoms with Crippen LogP contribution in [0.4, 0.5) is 0 Å². The molecule has 1 aromatic carbocycles. The van der Waals surface area contributed by atoms with E-state index in [4.69, 9.17) is 10.5 Å². The highest BCUT2D eigenvalue weighted by Crippen LogP contribution is 2.33. The minimum atomic E-state index is -3.47. The number of hydrogen-bond acceptors (Lipinski definition) is 4. The van der Waals surface area contributed by atoms with Crippen LogP contribution in [0.25, 0.3) is 0 Å². The van der Waals surface area contributed by atoms with Crippen molar-refractivity contribution in [3.8, 4) is 5.75 Å². The van der Waals surface area contributed by atoms with Crippen molar-refractivity contribution < 1.29 is 13.2 Å². The first-order valence-electron chi connectivity index (χ1n) is 6.33. The van der Waals surface area contributed by atoms with Crippen LogP contribution in [0, 0.1) is 5.92 Å². The number of nitrogens with zero attached hydrogens (tertiary/aromatic N) is 1. The lowest BCUT2D eigenvalue weighted by molar-refractivity contribution is 0.0663. The van der Waals surface area contributed by atoms with E-state index in [1.165, 1.54) is 18.4 Å². The quantitative estimate of drug-likeness (QED) is 0.877. The first kappa shape index (κ1) is 14.3. The fourth-order valence-electron chi connectivity index (χ4n) is 2.10. The Morgan fingerprint density at radius 1 is 1.32 bits per heavy atom. The molecule has 5 nitrogen and oxygen atoms in total. The Balaban J connectivity index is 2.18. The van der Waals surface area contributed by atoms with Gasteiger partial charge < -0.3 is 10.5 Å². The number of nitrogens with two attached hydrogens (primary N) is 1. The molecule has 0 aliphatic heterocycles. The maximum absolute atomic E-state index is 12.2. The molecule has 2 N–H and O–H groups in total. The molecule has 0 amide bonds. The van der Waals surface area contributed by atoms with Crippen LogP contribution in [-0.2, 0) is 10.0 Å². The molecule has 6 heteroatoms. The van der Waals surface area contributed by atoms with E-state index >= 15 is 0 Å². The van der Waals surface area contributed by atoms with Gasteiger partial charge >= 0.3 is 0 Å². The Hall–Kier alpha value is -1.11. The zero-order chi connectivity index (χ0) is 14.0.